The SMILES string of the molecule is O=C1Cc2cnc(Nc3ccc(C(=O)NCCCCN4CC=CC4)cc3)nc2-c2ccc(Cl)cc2N1. The average molecular weight is 503 g/mol. The van der Waals surface area contributed by atoms with Gasteiger partial charge in [0.15, 0.2) is 0 Å². The van der Waals surface area contributed by atoms with Crippen molar-refractivity contribution in [2.24, 2.45) is 0 Å². The Morgan fingerprint density at radius 2 is 1.89 bits per heavy atom. The van der Waals surface area contributed by atoms with Gasteiger partial charge >= 0.3 is 0 Å². The van der Waals surface area contributed by atoms with E-state index >= 15 is 0 Å². The highest BCUT2D eigenvalue weighted by molar-refractivity contribution is 6.31. The molecule has 2 amide bonds. The lowest BCUT2D eigenvalue weighted by molar-refractivity contribution is -0.115. The molecule has 0 atom stereocenters. The van der Waals surface area contributed by atoms with Gasteiger partial charge in [0.25, 0.3) is 5.91 Å². The van der Waals surface area contributed by atoms with Gasteiger partial charge in [-0.3, -0.25) is 14.5 Å². The number of rotatable bonds is 8. The van der Waals surface area contributed by atoms with Gasteiger partial charge in [-0.15, -0.1) is 0 Å². The van der Waals surface area contributed by atoms with Crippen molar-refractivity contribution in [2.75, 3.05) is 36.8 Å². The molecule has 184 valence electrons. The Hall–Kier alpha value is -3.75. The van der Waals surface area contributed by atoms with Gasteiger partial charge in [0.05, 0.1) is 17.8 Å². The van der Waals surface area contributed by atoms with Crippen LogP contribution in [0.4, 0.5) is 17.3 Å². The van der Waals surface area contributed by atoms with Crippen LogP contribution in [0.2, 0.25) is 5.02 Å². The van der Waals surface area contributed by atoms with Crippen molar-refractivity contribution in [1.29, 1.82) is 0 Å². The minimum absolute atomic E-state index is 0.0851. The van der Waals surface area contributed by atoms with E-state index in [4.69, 9.17) is 11.6 Å². The maximum Gasteiger partial charge on any atom is 0.251 e. The van der Waals surface area contributed by atoms with Crippen molar-refractivity contribution in [3.8, 4) is 11.3 Å². The molecule has 0 bridgehead atoms. The molecule has 3 aromatic rings. The molecule has 0 radical (unpaired) electrons. The molecule has 0 unspecified atom stereocenters. The summed E-state index contributed by atoms with van der Waals surface area (Å²) >= 11 is 6.12. The fraction of sp³-hybridized carbons (Fsp3) is 0.259. The molecule has 0 fully saturated rings. The van der Waals surface area contributed by atoms with E-state index in [0.717, 1.165) is 49.3 Å². The lowest BCUT2D eigenvalue weighted by Crippen LogP contribution is -2.26. The second-order valence-corrected chi connectivity index (χ2v) is 9.32. The Morgan fingerprint density at radius 1 is 1.08 bits per heavy atom. The zero-order valence-corrected chi connectivity index (χ0v) is 20.5. The van der Waals surface area contributed by atoms with Gasteiger partial charge in [-0.1, -0.05) is 23.8 Å². The van der Waals surface area contributed by atoms with Crippen molar-refractivity contribution in [1.82, 2.24) is 20.2 Å². The number of nitrogens with one attached hydrogen (secondary N) is 3. The number of fused-ring (bicyclic) bond motifs is 3. The van der Waals surface area contributed by atoms with Crippen LogP contribution < -0.4 is 16.0 Å². The number of nitrogens with zero attached hydrogens (tertiary/aromatic N) is 3. The van der Waals surface area contributed by atoms with Crippen molar-refractivity contribution in [3.63, 3.8) is 0 Å². The zero-order chi connectivity index (χ0) is 24.9. The Morgan fingerprint density at radius 3 is 2.69 bits per heavy atom. The summed E-state index contributed by atoms with van der Waals surface area (Å²) in [5, 5.41) is 9.59. The Bertz CT molecular complexity index is 1300. The molecule has 36 heavy (non-hydrogen) atoms. The van der Waals surface area contributed by atoms with Gasteiger partial charge < -0.3 is 16.0 Å². The number of halogens is 1. The van der Waals surface area contributed by atoms with Gasteiger partial charge in [-0.25, -0.2) is 9.97 Å². The molecule has 3 N–H and O–H groups in total. The summed E-state index contributed by atoms with van der Waals surface area (Å²) in [5.41, 5.74) is 4.18. The molecular formula is C27H27ClN6O2. The molecule has 5 rings (SSSR count). The van der Waals surface area contributed by atoms with Crippen molar-refractivity contribution >= 4 is 40.7 Å². The molecule has 2 aromatic carbocycles. The number of carbonyl (C=O) groups excluding carboxylic acids is 2. The predicted octanol–water partition coefficient (Wildman–Crippen LogP) is 4.42. The first-order valence-electron chi connectivity index (χ1n) is 12.0. The molecule has 0 saturated carbocycles. The van der Waals surface area contributed by atoms with Gasteiger partial charge in [-0.05, 0) is 61.9 Å². The van der Waals surface area contributed by atoms with Crippen LogP contribution in [-0.2, 0) is 11.2 Å². The summed E-state index contributed by atoms with van der Waals surface area (Å²) in [7, 11) is 0. The summed E-state index contributed by atoms with van der Waals surface area (Å²) in [4.78, 5) is 36.2. The molecule has 2 aliphatic heterocycles. The van der Waals surface area contributed by atoms with Crippen molar-refractivity contribution in [3.05, 3.63) is 77.0 Å². The zero-order valence-electron chi connectivity index (χ0n) is 19.8. The maximum atomic E-state index is 12.5. The lowest BCUT2D eigenvalue weighted by Gasteiger charge is -2.14. The van der Waals surface area contributed by atoms with Gasteiger partial charge in [0.1, 0.15) is 0 Å². The van der Waals surface area contributed by atoms with Gasteiger partial charge in [-0.2, -0.15) is 0 Å². The third kappa shape index (κ3) is 5.72. The normalized spacial score (nSPS) is 14.5. The van der Waals surface area contributed by atoms with E-state index in [1.807, 2.05) is 18.2 Å². The van der Waals surface area contributed by atoms with Crippen LogP contribution in [-0.4, -0.2) is 52.9 Å². The highest BCUT2D eigenvalue weighted by atomic mass is 35.5. The monoisotopic (exact) mass is 502 g/mol. The number of hydrogen-bond donors (Lipinski definition) is 3. The van der Waals surface area contributed by atoms with Crippen LogP contribution >= 0.6 is 11.6 Å². The third-order valence-corrected chi connectivity index (χ3v) is 6.45. The molecule has 1 aromatic heterocycles. The molecular weight excluding hydrogens is 476 g/mol. The topological polar surface area (TPSA) is 99.2 Å². The van der Waals surface area contributed by atoms with E-state index in [-0.39, 0.29) is 18.2 Å². The fourth-order valence-corrected chi connectivity index (χ4v) is 4.50. The van der Waals surface area contributed by atoms with E-state index in [9.17, 15) is 9.59 Å². The molecule has 0 saturated heterocycles. The standard InChI is InChI=1S/C27H27ClN6O2/c28-20-7-10-22-23(16-20)32-24(35)15-19-17-30-27(33-25(19)22)31-21-8-5-18(6-9-21)26(36)29-11-1-2-12-34-13-3-4-14-34/h3-10,16-17H,1-2,11-15H2,(H,29,36)(H,32,35)(H,30,31,33). The Kier molecular flexibility index (Phi) is 7.25. The highest BCUT2D eigenvalue weighted by Crippen LogP contribution is 2.34. The van der Waals surface area contributed by atoms with E-state index in [1.165, 1.54) is 0 Å². The number of unbranched alkanes of at least 4 members (excludes halogenated alkanes) is 1. The molecule has 2 aliphatic rings. The van der Waals surface area contributed by atoms with Crippen LogP contribution in [0.15, 0.2) is 60.8 Å². The quantitative estimate of drug-likeness (QED) is 0.311. The Labute approximate surface area is 214 Å². The van der Waals surface area contributed by atoms with Crippen LogP contribution in [0.25, 0.3) is 11.3 Å². The van der Waals surface area contributed by atoms with E-state index < -0.39 is 0 Å². The average Bonchev–Trinajstić information content (AvgIpc) is 3.34. The molecule has 3 heterocycles. The van der Waals surface area contributed by atoms with E-state index in [0.29, 0.717) is 34.5 Å². The van der Waals surface area contributed by atoms with Crippen molar-refractivity contribution in [2.45, 2.75) is 19.3 Å². The first-order chi connectivity index (χ1) is 17.5. The molecule has 0 spiro atoms. The number of aromatic nitrogens is 2. The number of anilines is 3. The van der Waals surface area contributed by atoms with Crippen molar-refractivity contribution < 1.29 is 9.59 Å². The second-order valence-electron chi connectivity index (χ2n) is 8.88. The summed E-state index contributed by atoms with van der Waals surface area (Å²) in [6.45, 7) is 3.78. The first kappa shape index (κ1) is 24.0. The maximum absolute atomic E-state index is 12.5. The second kappa shape index (κ2) is 10.9. The summed E-state index contributed by atoms with van der Waals surface area (Å²) in [5.74, 6) is 0.173. The molecule has 8 nitrogen and oxygen atoms in total. The number of carbonyl (C=O) groups is 2. The van der Waals surface area contributed by atoms with Crippen LogP contribution in [0.1, 0.15) is 28.8 Å². The smallest absolute Gasteiger partial charge is 0.251 e. The van der Waals surface area contributed by atoms with E-state index in [1.54, 1.807) is 30.5 Å². The Balaban J connectivity index is 1.20. The molecule has 9 heteroatoms. The third-order valence-electron chi connectivity index (χ3n) is 6.21. The van der Waals surface area contributed by atoms with Gasteiger partial charge in [0, 0.05) is 53.2 Å². The highest BCUT2D eigenvalue weighted by Gasteiger charge is 2.21. The van der Waals surface area contributed by atoms with E-state index in [2.05, 4.69) is 43.0 Å². The summed E-state index contributed by atoms with van der Waals surface area (Å²) in [6.07, 6.45) is 8.24. The van der Waals surface area contributed by atoms with Crippen LogP contribution in [0.5, 0.6) is 0 Å². The number of benzene rings is 2. The van der Waals surface area contributed by atoms with Crippen LogP contribution in [0, 0.1) is 0 Å². The molecule has 0 aliphatic carbocycles. The minimum atomic E-state index is -0.140. The number of hydrogen-bond acceptors (Lipinski definition) is 6. The van der Waals surface area contributed by atoms with Crippen LogP contribution in [0.3, 0.4) is 0 Å². The lowest BCUT2D eigenvalue weighted by atomic mass is 10.1. The predicted molar refractivity (Wildman–Crippen MR) is 142 cm³/mol. The largest absolute Gasteiger partial charge is 0.352 e. The summed E-state index contributed by atoms with van der Waals surface area (Å²) in [6, 6.07) is 12.5. The number of amides is 2. The van der Waals surface area contributed by atoms with Gasteiger partial charge in [0.2, 0.25) is 11.9 Å². The first-order valence-corrected chi connectivity index (χ1v) is 12.4. The minimum Gasteiger partial charge on any atom is -0.352 e. The summed E-state index contributed by atoms with van der Waals surface area (Å²) < 4.78 is 0. The fourth-order valence-electron chi connectivity index (χ4n) is 4.33.